The van der Waals surface area contributed by atoms with Crippen molar-refractivity contribution in [3.05, 3.63) is 29.8 Å². The summed E-state index contributed by atoms with van der Waals surface area (Å²) in [6.07, 6.45) is 1.79. The van der Waals surface area contributed by atoms with Gasteiger partial charge in [-0.25, -0.2) is 8.42 Å². The normalized spacial score (nSPS) is 18.9. The summed E-state index contributed by atoms with van der Waals surface area (Å²) in [6, 6.07) is 7.65. The number of likely N-dealkylation sites (N-methyl/N-ethyl adjacent to an activating group) is 1. The van der Waals surface area contributed by atoms with E-state index in [1.54, 1.807) is 4.90 Å². The van der Waals surface area contributed by atoms with Crippen LogP contribution in [0, 0.1) is 0 Å². The highest BCUT2D eigenvalue weighted by atomic mass is 32.2. The summed E-state index contributed by atoms with van der Waals surface area (Å²) in [4.78, 5) is 16.5. The van der Waals surface area contributed by atoms with Gasteiger partial charge in [-0.2, -0.15) is 0 Å². The van der Waals surface area contributed by atoms with Crippen molar-refractivity contribution in [1.82, 2.24) is 9.80 Å². The number of anilines is 1. The maximum absolute atomic E-state index is 12.8. The predicted molar refractivity (Wildman–Crippen MR) is 99.2 cm³/mol. The zero-order valence-electron chi connectivity index (χ0n) is 14.9. The van der Waals surface area contributed by atoms with E-state index in [2.05, 4.69) is 11.8 Å². The van der Waals surface area contributed by atoms with Crippen molar-refractivity contribution in [2.24, 2.45) is 0 Å². The highest BCUT2D eigenvalue weighted by Crippen LogP contribution is 2.29. The molecule has 0 radical (unpaired) electrons. The highest BCUT2D eigenvalue weighted by Gasteiger charge is 2.29. The Bertz CT molecular complexity index is 712. The molecule has 1 saturated heterocycles. The molecule has 138 valence electrons. The molecule has 0 aliphatic carbocycles. The van der Waals surface area contributed by atoms with Gasteiger partial charge in [-0.15, -0.1) is 0 Å². The fourth-order valence-corrected chi connectivity index (χ4v) is 5.12. The first kappa shape index (κ1) is 18.2. The average molecular weight is 365 g/mol. The number of amides is 1. The minimum absolute atomic E-state index is 0.0513. The molecule has 1 aromatic carbocycles. The fourth-order valence-electron chi connectivity index (χ4n) is 3.59. The lowest BCUT2D eigenvalue weighted by Crippen LogP contribution is -2.49. The highest BCUT2D eigenvalue weighted by molar-refractivity contribution is 7.92. The van der Waals surface area contributed by atoms with Crippen LogP contribution in [0.2, 0.25) is 0 Å². The van der Waals surface area contributed by atoms with E-state index in [1.807, 2.05) is 24.3 Å². The van der Waals surface area contributed by atoms with Gasteiger partial charge < -0.3 is 9.80 Å². The van der Waals surface area contributed by atoms with Crippen molar-refractivity contribution in [2.75, 3.05) is 49.3 Å². The molecule has 0 spiro atoms. The topological polar surface area (TPSA) is 60.9 Å². The summed E-state index contributed by atoms with van der Waals surface area (Å²) in [5, 5.41) is 0. The number of hydrogen-bond acceptors (Lipinski definition) is 4. The van der Waals surface area contributed by atoms with Crippen LogP contribution < -0.4 is 4.31 Å². The number of hydrogen-bond donors (Lipinski definition) is 0. The summed E-state index contributed by atoms with van der Waals surface area (Å²) >= 11 is 0. The Balaban J connectivity index is 1.60. The van der Waals surface area contributed by atoms with Crippen molar-refractivity contribution in [3.8, 4) is 0 Å². The molecule has 3 rings (SSSR count). The molecule has 2 aliphatic heterocycles. The zero-order valence-corrected chi connectivity index (χ0v) is 15.7. The second-order valence-corrected chi connectivity index (χ2v) is 8.70. The van der Waals surface area contributed by atoms with Crippen molar-refractivity contribution in [3.63, 3.8) is 0 Å². The van der Waals surface area contributed by atoms with Crippen molar-refractivity contribution >= 4 is 21.6 Å². The number of aryl methyl sites for hydroxylation is 1. The monoisotopic (exact) mass is 365 g/mol. The van der Waals surface area contributed by atoms with E-state index in [0.29, 0.717) is 19.6 Å². The van der Waals surface area contributed by atoms with E-state index < -0.39 is 10.0 Å². The van der Waals surface area contributed by atoms with Crippen molar-refractivity contribution in [2.45, 2.75) is 26.2 Å². The summed E-state index contributed by atoms with van der Waals surface area (Å²) in [7, 11) is -3.47. The number of rotatable bonds is 5. The van der Waals surface area contributed by atoms with Gasteiger partial charge in [0, 0.05) is 39.1 Å². The Hall–Kier alpha value is -1.60. The number of fused-ring (bicyclic) bond motifs is 1. The number of para-hydroxylation sites is 1. The Labute approximate surface area is 150 Å². The van der Waals surface area contributed by atoms with Crippen LogP contribution in [0.1, 0.15) is 25.3 Å². The SMILES string of the molecule is CCN1CCN(C(=O)CCS(=O)(=O)N2CCCc3ccccc32)CC1. The number of nitrogens with zero attached hydrogens (tertiary/aromatic N) is 3. The second-order valence-electron chi connectivity index (χ2n) is 6.69. The van der Waals surface area contributed by atoms with Gasteiger partial charge in [-0.05, 0) is 31.0 Å². The van der Waals surface area contributed by atoms with Gasteiger partial charge in [-0.3, -0.25) is 9.10 Å². The molecule has 1 aromatic rings. The Kier molecular flexibility index (Phi) is 5.64. The molecule has 25 heavy (non-hydrogen) atoms. The number of benzene rings is 1. The molecule has 7 heteroatoms. The van der Waals surface area contributed by atoms with E-state index in [0.717, 1.165) is 43.7 Å². The average Bonchev–Trinajstić information content (AvgIpc) is 2.65. The van der Waals surface area contributed by atoms with Crippen LogP contribution in [0.4, 0.5) is 5.69 Å². The van der Waals surface area contributed by atoms with Crippen LogP contribution >= 0.6 is 0 Å². The molecular weight excluding hydrogens is 338 g/mol. The van der Waals surface area contributed by atoms with E-state index in [9.17, 15) is 13.2 Å². The first-order valence-electron chi connectivity index (χ1n) is 9.09. The Morgan fingerprint density at radius 3 is 2.52 bits per heavy atom. The molecule has 0 N–H and O–H groups in total. The van der Waals surface area contributed by atoms with E-state index in [4.69, 9.17) is 0 Å². The van der Waals surface area contributed by atoms with Gasteiger partial charge in [0.2, 0.25) is 15.9 Å². The molecule has 0 atom stereocenters. The number of piperazine rings is 1. The smallest absolute Gasteiger partial charge is 0.235 e. The third kappa shape index (κ3) is 4.15. The standard InChI is InChI=1S/C18H27N3O3S/c1-2-19-11-13-20(14-12-19)18(22)9-15-25(23,24)21-10-5-7-16-6-3-4-8-17(16)21/h3-4,6,8H,2,5,7,9-15H2,1H3. The zero-order chi connectivity index (χ0) is 17.9. The molecule has 0 saturated carbocycles. The summed E-state index contributed by atoms with van der Waals surface area (Å²) in [5.74, 6) is -0.168. The third-order valence-electron chi connectivity index (χ3n) is 5.15. The van der Waals surface area contributed by atoms with Gasteiger partial charge in [0.05, 0.1) is 11.4 Å². The lowest BCUT2D eigenvalue weighted by atomic mass is 10.0. The summed E-state index contributed by atoms with van der Waals surface area (Å²) in [6.45, 7) is 6.73. The van der Waals surface area contributed by atoms with Crippen LogP contribution in [-0.4, -0.2) is 69.1 Å². The Morgan fingerprint density at radius 1 is 1.08 bits per heavy atom. The predicted octanol–water partition coefficient (Wildman–Crippen LogP) is 1.32. The minimum atomic E-state index is -3.47. The fraction of sp³-hybridized carbons (Fsp3) is 0.611. The molecule has 0 bridgehead atoms. The first-order valence-corrected chi connectivity index (χ1v) is 10.7. The number of carbonyl (C=O) groups excluding carboxylic acids is 1. The van der Waals surface area contributed by atoms with Gasteiger partial charge in [0.1, 0.15) is 0 Å². The molecule has 1 amide bonds. The molecule has 2 aliphatic rings. The number of carbonyl (C=O) groups is 1. The molecule has 6 nitrogen and oxygen atoms in total. The summed E-state index contributed by atoms with van der Waals surface area (Å²) < 4.78 is 27.1. The van der Waals surface area contributed by atoms with Gasteiger partial charge in [0.25, 0.3) is 0 Å². The van der Waals surface area contributed by atoms with Gasteiger partial charge in [0.15, 0.2) is 0 Å². The van der Waals surface area contributed by atoms with Crippen molar-refractivity contribution < 1.29 is 13.2 Å². The van der Waals surface area contributed by atoms with E-state index >= 15 is 0 Å². The first-order chi connectivity index (χ1) is 12.0. The minimum Gasteiger partial charge on any atom is -0.340 e. The third-order valence-corrected chi connectivity index (χ3v) is 6.92. The van der Waals surface area contributed by atoms with Crippen LogP contribution in [0.3, 0.4) is 0 Å². The molecule has 0 aromatic heterocycles. The molecule has 0 unspecified atom stereocenters. The van der Waals surface area contributed by atoms with Crippen molar-refractivity contribution in [1.29, 1.82) is 0 Å². The largest absolute Gasteiger partial charge is 0.340 e. The van der Waals surface area contributed by atoms with E-state index in [1.165, 1.54) is 4.31 Å². The maximum Gasteiger partial charge on any atom is 0.235 e. The Morgan fingerprint density at radius 2 is 1.80 bits per heavy atom. The molecule has 1 fully saturated rings. The molecular formula is C18H27N3O3S. The van der Waals surface area contributed by atoms with Gasteiger partial charge >= 0.3 is 0 Å². The number of sulfonamides is 1. The lowest BCUT2D eigenvalue weighted by Gasteiger charge is -2.34. The van der Waals surface area contributed by atoms with Crippen LogP contribution in [0.5, 0.6) is 0 Å². The molecule has 2 heterocycles. The maximum atomic E-state index is 12.8. The lowest BCUT2D eigenvalue weighted by molar-refractivity contribution is -0.132. The van der Waals surface area contributed by atoms with E-state index in [-0.39, 0.29) is 18.1 Å². The van der Waals surface area contributed by atoms with Gasteiger partial charge in [-0.1, -0.05) is 25.1 Å². The van der Waals surface area contributed by atoms with Crippen LogP contribution in [-0.2, 0) is 21.2 Å². The van der Waals surface area contributed by atoms with Crippen LogP contribution in [0.25, 0.3) is 0 Å². The summed E-state index contributed by atoms with van der Waals surface area (Å²) in [5.41, 5.74) is 1.84. The van der Waals surface area contributed by atoms with Crippen LogP contribution in [0.15, 0.2) is 24.3 Å². The quantitative estimate of drug-likeness (QED) is 0.790. The second kappa shape index (κ2) is 7.74.